The summed E-state index contributed by atoms with van der Waals surface area (Å²) >= 11 is 0. The molecule has 0 saturated heterocycles. The molecule has 0 aliphatic heterocycles. The SMILES string of the molecule is CCCC(O)C(O)C(O)C(O)COC. The van der Waals surface area contributed by atoms with Gasteiger partial charge in [0.1, 0.15) is 18.3 Å². The first-order chi connectivity index (χ1) is 6.54. The van der Waals surface area contributed by atoms with Crippen LogP contribution in [0.4, 0.5) is 0 Å². The van der Waals surface area contributed by atoms with E-state index in [-0.39, 0.29) is 6.61 Å². The van der Waals surface area contributed by atoms with Gasteiger partial charge < -0.3 is 25.2 Å². The molecule has 0 heterocycles. The van der Waals surface area contributed by atoms with Crippen molar-refractivity contribution in [3.63, 3.8) is 0 Å². The lowest BCUT2D eigenvalue weighted by Crippen LogP contribution is -2.46. The van der Waals surface area contributed by atoms with Crippen LogP contribution in [-0.4, -0.2) is 58.6 Å². The predicted molar refractivity (Wildman–Crippen MR) is 50.8 cm³/mol. The standard InChI is InChI=1S/C9H20O5/c1-3-4-6(10)8(12)9(13)7(11)5-14-2/h6-13H,3-5H2,1-2H3. The highest BCUT2D eigenvalue weighted by Gasteiger charge is 2.29. The zero-order chi connectivity index (χ0) is 11.1. The molecule has 4 unspecified atom stereocenters. The quantitative estimate of drug-likeness (QED) is 0.425. The molecule has 0 aliphatic carbocycles. The Morgan fingerprint density at radius 3 is 1.93 bits per heavy atom. The first-order valence-electron chi connectivity index (χ1n) is 4.75. The van der Waals surface area contributed by atoms with E-state index in [1.165, 1.54) is 7.11 Å². The van der Waals surface area contributed by atoms with Crippen LogP contribution in [-0.2, 0) is 4.74 Å². The van der Waals surface area contributed by atoms with Crippen LogP contribution < -0.4 is 0 Å². The third kappa shape index (κ3) is 4.34. The van der Waals surface area contributed by atoms with Crippen molar-refractivity contribution in [2.75, 3.05) is 13.7 Å². The van der Waals surface area contributed by atoms with Crippen LogP contribution in [0.5, 0.6) is 0 Å². The molecule has 0 saturated carbocycles. The van der Waals surface area contributed by atoms with Gasteiger partial charge in [-0.25, -0.2) is 0 Å². The molecule has 5 heteroatoms. The van der Waals surface area contributed by atoms with Crippen LogP contribution in [0, 0.1) is 0 Å². The molecule has 5 nitrogen and oxygen atoms in total. The van der Waals surface area contributed by atoms with Crippen molar-refractivity contribution in [1.29, 1.82) is 0 Å². The maximum Gasteiger partial charge on any atom is 0.110 e. The highest BCUT2D eigenvalue weighted by Crippen LogP contribution is 2.09. The van der Waals surface area contributed by atoms with Gasteiger partial charge >= 0.3 is 0 Å². The topological polar surface area (TPSA) is 90.2 Å². The summed E-state index contributed by atoms with van der Waals surface area (Å²) in [6.45, 7) is 1.78. The smallest absolute Gasteiger partial charge is 0.110 e. The number of rotatable bonds is 7. The van der Waals surface area contributed by atoms with E-state index in [4.69, 9.17) is 0 Å². The van der Waals surface area contributed by atoms with Crippen molar-refractivity contribution in [2.24, 2.45) is 0 Å². The van der Waals surface area contributed by atoms with E-state index in [0.717, 1.165) is 0 Å². The van der Waals surface area contributed by atoms with Gasteiger partial charge in [0.05, 0.1) is 12.7 Å². The van der Waals surface area contributed by atoms with Gasteiger partial charge in [0.15, 0.2) is 0 Å². The van der Waals surface area contributed by atoms with Gasteiger partial charge in [0.2, 0.25) is 0 Å². The molecule has 86 valence electrons. The summed E-state index contributed by atoms with van der Waals surface area (Å²) in [7, 11) is 1.38. The molecular weight excluding hydrogens is 188 g/mol. The predicted octanol–water partition coefficient (Wildman–Crippen LogP) is -1.12. The summed E-state index contributed by atoms with van der Waals surface area (Å²) in [5.74, 6) is 0. The fourth-order valence-electron chi connectivity index (χ4n) is 1.19. The maximum absolute atomic E-state index is 9.40. The molecule has 14 heavy (non-hydrogen) atoms. The van der Waals surface area contributed by atoms with E-state index in [0.29, 0.717) is 12.8 Å². The Hall–Kier alpha value is -0.200. The van der Waals surface area contributed by atoms with Crippen molar-refractivity contribution < 1.29 is 25.2 Å². The molecule has 0 spiro atoms. The fourth-order valence-corrected chi connectivity index (χ4v) is 1.19. The van der Waals surface area contributed by atoms with E-state index < -0.39 is 24.4 Å². The number of ether oxygens (including phenoxy) is 1. The normalized spacial score (nSPS) is 20.1. The Balaban J connectivity index is 4.01. The number of aliphatic hydroxyl groups is 4. The van der Waals surface area contributed by atoms with Gasteiger partial charge in [-0.1, -0.05) is 13.3 Å². The van der Waals surface area contributed by atoms with Crippen LogP contribution in [0.3, 0.4) is 0 Å². The van der Waals surface area contributed by atoms with E-state index in [2.05, 4.69) is 4.74 Å². The molecule has 0 aliphatic rings. The lowest BCUT2D eigenvalue weighted by Gasteiger charge is -2.25. The average molecular weight is 208 g/mol. The van der Waals surface area contributed by atoms with E-state index >= 15 is 0 Å². The molecule has 4 N–H and O–H groups in total. The Labute approximate surface area is 83.9 Å². The zero-order valence-electron chi connectivity index (χ0n) is 8.63. The van der Waals surface area contributed by atoms with Gasteiger partial charge in [-0.2, -0.15) is 0 Å². The highest BCUT2D eigenvalue weighted by atomic mass is 16.5. The van der Waals surface area contributed by atoms with Gasteiger partial charge in [-0.15, -0.1) is 0 Å². The minimum Gasteiger partial charge on any atom is -0.390 e. The van der Waals surface area contributed by atoms with Crippen LogP contribution >= 0.6 is 0 Å². The number of aliphatic hydroxyl groups excluding tert-OH is 4. The first-order valence-corrected chi connectivity index (χ1v) is 4.75. The monoisotopic (exact) mass is 208 g/mol. The summed E-state index contributed by atoms with van der Waals surface area (Å²) in [6, 6.07) is 0. The summed E-state index contributed by atoms with van der Waals surface area (Å²) in [5.41, 5.74) is 0. The largest absolute Gasteiger partial charge is 0.390 e. The summed E-state index contributed by atoms with van der Waals surface area (Å²) in [5, 5.41) is 37.4. The highest BCUT2D eigenvalue weighted by molar-refractivity contribution is 4.80. The second-order valence-corrected chi connectivity index (χ2v) is 3.36. The maximum atomic E-state index is 9.40. The number of hydrogen-bond acceptors (Lipinski definition) is 5. The minimum atomic E-state index is -1.38. The molecule has 0 aromatic heterocycles. The zero-order valence-corrected chi connectivity index (χ0v) is 8.63. The summed E-state index contributed by atoms with van der Waals surface area (Å²) in [4.78, 5) is 0. The van der Waals surface area contributed by atoms with Crippen LogP contribution in [0.1, 0.15) is 19.8 Å². The molecule has 0 amide bonds. The second kappa shape index (κ2) is 7.14. The lowest BCUT2D eigenvalue weighted by molar-refractivity contribution is -0.119. The third-order valence-electron chi connectivity index (χ3n) is 2.06. The average Bonchev–Trinajstić information content (AvgIpc) is 2.16. The lowest BCUT2D eigenvalue weighted by atomic mass is 10.0. The van der Waals surface area contributed by atoms with E-state index in [1.807, 2.05) is 6.92 Å². The summed E-state index contributed by atoms with van der Waals surface area (Å²) in [6.07, 6.45) is -3.82. The number of methoxy groups -OCH3 is 1. The van der Waals surface area contributed by atoms with Crippen molar-refractivity contribution in [3.05, 3.63) is 0 Å². The van der Waals surface area contributed by atoms with E-state index in [9.17, 15) is 20.4 Å². The Bertz CT molecular complexity index is 125. The van der Waals surface area contributed by atoms with Crippen molar-refractivity contribution in [3.8, 4) is 0 Å². The Morgan fingerprint density at radius 2 is 1.50 bits per heavy atom. The van der Waals surface area contributed by atoms with Crippen LogP contribution in [0.2, 0.25) is 0 Å². The van der Waals surface area contributed by atoms with Gasteiger partial charge in [0.25, 0.3) is 0 Å². The van der Waals surface area contributed by atoms with Crippen LogP contribution in [0.15, 0.2) is 0 Å². The van der Waals surface area contributed by atoms with Gasteiger partial charge in [0, 0.05) is 7.11 Å². The van der Waals surface area contributed by atoms with Crippen molar-refractivity contribution in [2.45, 2.75) is 44.2 Å². The Kier molecular flexibility index (Phi) is 7.04. The molecular formula is C9H20O5. The second-order valence-electron chi connectivity index (χ2n) is 3.36. The molecule has 0 rings (SSSR count). The minimum absolute atomic E-state index is 0.0723. The molecule has 0 radical (unpaired) electrons. The molecule has 0 bridgehead atoms. The molecule has 0 fully saturated rings. The molecule has 0 aromatic carbocycles. The molecule has 4 atom stereocenters. The van der Waals surface area contributed by atoms with Crippen molar-refractivity contribution in [1.82, 2.24) is 0 Å². The van der Waals surface area contributed by atoms with E-state index in [1.54, 1.807) is 0 Å². The van der Waals surface area contributed by atoms with Crippen LogP contribution in [0.25, 0.3) is 0 Å². The number of hydrogen-bond donors (Lipinski definition) is 4. The summed E-state index contributed by atoms with van der Waals surface area (Å²) < 4.78 is 4.61. The third-order valence-corrected chi connectivity index (χ3v) is 2.06. The van der Waals surface area contributed by atoms with Gasteiger partial charge in [-0.3, -0.25) is 0 Å². The molecule has 0 aromatic rings. The van der Waals surface area contributed by atoms with Gasteiger partial charge in [-0.05, 0) is 6.42 Å². The Morgan fingerprint density at radius 1 is 1.00 bits per heavy atom. The van der Waals surface area contributed by atoms with Crippen molar-refractivity contribution >= 4 is 0 Å². The first kappa shape index (κ1) is 13.8. The fraction of sp³-hybridized carbons (Fsp3) is 1.00.